The Bertz CT molecular complexity index is 511. The molecule has 9 heteroatoms. The maximum absolute atomic E-state index is 12.0. The average molecular weight is 349 g/mol. The molecule has 1 amide bonds. The molecule has 1 heterocycles. The molecule has 1 aromatic heterocycles. The van der Waals surface area contributed by atoms with Crippen molar-refractivity contribution >= 4 is 40.8 Å². The molecular weight excluding hydrogens is 328 g/mol. The van der Waals surface area contributed by atoms with E-state index in [9.17, 15) is 9.59 Å². The van der Waals surface area contributed by atoms with Gasteiger partial charge in [0.05, 0.1) is 7.11 Å². The minimum absolute atomic E-state index is 0. The molecular formula is C13H21ClN4O3S. The molecule has 1 saturated carbocycles. The summed E-state index contributed by atoms with van der Waals surface area (Å²) in [7, 11) is 1.37. The van der Waals surface area contributed by atoms with Crippen molar-refractivity contribution in [1.82, 2.24) is 10.2 Å². The van der Waals surface area contributed by atoms with Gasteiger partial charge in [0, 0.05) is 24.8 Å². The molecule has 3 N–H and O–H groups in total. The quantitative estimate of drug-likeness (QED) is 0.755. The molecule has 0 spiro atoms. The Morgan fingerprint density at radius 2 is 2.18 bits per heavy atom. The van der Waals surface area contributed by atoms with Crippen molar-refractivity contribution in [2.75, 3.05) is 12.4 Å². The molecule has 0 bridgehead atoms. The number of amides is 1. The standard InChI is InChI=1S/C13H20N4O3S.ClH/c1-20-11(18)4-2-3-10-16-17-13(21-10)15-12(19)8-5-6-9(14)7-8;/h8-9H,2-7,14H2,1H3,(H,15,17,19);1H. The highest BCUT2D eigenvalue weighted by atomic mass is 35.5. The summed E-state index contributed by atoms with van der Waals surface area (Å²) >= 11 is 1.34. The zero-order chi connectivity index (χ0) is 15.2. The average Bonchev–Trinajstić information content (AvgIpc) is 3.08. The lowest BCUT2D eigenvalue weighted by Gasteiger charge is -2.07. The maximum Gasteiger partial charge on any atom is 0.305 e. The van der Waals surface area contributed by atoms with E-state index in [1.807, 2.05) is 0 Å². The summed E-state index contributed by atoms with van der Waals surface area (Å²) in [6.45, 7) is 0. The predicted octanol–water partition coefficient (Wildman–Crippen LogP) is 1.52. The summed E-state index contributed by atoms with van der Waals surface area (Å²) < 4.78 is 4.57. The van der Waals surface area contributed by atoms with Crippen molar-refractivity contribution in [3.05, 3.63) is 5.01 Å². The second-order valence-corrected chi connectivity index (χ2v) is 6.25. The lowest BCUT2D eigenvalue weighted by molar-refractivity contribution is -0.140. The molecule has 22 heavy (non-hydrogen) atoms. The van der Waals surface area contributed by atoms with E-state index in [1.165, 1.54) is 18.4 Å². The summed E-state index contributed by atoms with van der Waals surface area (Å²) in [4.78, 5) is 23.0. The lowest BCUT2D eigenvalue weighted by atomic mass is 10.1. The summed E-state index contributed by atoms with van der Waals surface area (Å²) in [6, 6.07) is 0.129. The number of nitrogens with zero attached hydrogens (tertiary/aromatic N) is 2. The Morgan fingerprint density at radius 3 is 2.82 bits per heavy atom. The molecule has 124 valence electrons. The van der Waals surface area contributed by atoms with Gasteiger partial charge in [-0.1, -0.05) is 11.3 Å². The molecule has 2 atom stereocenters. The molecule has 0 aromatic carbocycles. The fraction of sp³-hybridized carbons (Fsp3) is 0.692. The van der Waals surface area contributed by atoms with E-state index >= 15 is 0 Å². The van der Waals surface area contributed by atoms with E-state index in [1.54, 1.807) is 0 Å². The zero-order valence-electron chi connectivity index (χ0n) is 12.4. The number of aromatic nitrogens is 2. The van der Waals surface area contributed by atoms with Gasteiger partial charge in [0.1, 0.15) is 5.01 Å². The SMILES string of the molecule is COC(=O)CCCc1nnc(NC(=O)C2CCC(N)C2)s1.Cl. The molecule has 2 unspecified atom stereocenters. The third-order valence-corrected chi connectivity index (χ3v) is 4.44. The van der Waals surface area contributed by atoms with Crippen molar-refractivity contribution in [2.24, 2.45) is 11.7 Å². The largest absolute Gasteiger partial charge is 0.469 e. The van der Waals surface area contributed by atoms with E-state index < -0.39 is 0 Å². The smallest absolute Gasteiger partial charge is 0.305 e. The van der Waals surface area contributed by atoms with E-state index in [-0.39, 0.29) is 36.2 Å². The topological polar surface area (TPSA) is 107 Å². The minimum Gasteiger partial charge on any atom is -0.469 e. The summed E-state index contributed by atoms with van der Waals surface area (Å²) in [6.07, 6.45) is 4.13. The van der Waals surface area contributed by atoms with Gasteiger partial charge in [-0.15, -0.1) is 22.6 Å². The fourth-order valence-corrected chi connectivity index (χ4v) is 3.14. The van der Waals surface area contributed by atoms with Crippen LogP contribution in [0.3, 0.4) is 0 Å². The van der Waals surface area contributed by atoms with Gasteiger partial charge < -0.3 is 15.8 Å². The van der Waals surface area contributed by atoms with Gasteiger partial charge >= 0.3 is 5.97 Å². The van der Waals surface area contributed by atoms with E-state index in [4.69, 9.17) is 5.73 Å². The predicted molar refractivity (Wildman–Crippen MR) is 86.1 cm³/mol. The van der Waals surface area contributed by atoms with Gasteiger partial charge in [0.15, 0.2) is 0 Å². The number of carbonyl (C=O) groups excluding carboxylic acids is 2. The van der Waals surface area contributed by atoms with Crippen LogP contribution in [0.4, 0.5) is 5.13 Å². The summed E-state index contributed by atoms with van der Waals surface area (Å²) in [5.41, 5.74) is 5.81. The van der Waals surface area contributed by atoms with E-state index in [0.717, 1.165) is 24.3 Å². The highest BCUT2D eigenvalue weighted by molar-refractivity contribution is 7.15. The van der Waals surface area contributed by atoms with Gasteiger partial charge in [-0.25, -0.2) is 0 Å². The third-order valence-electron chi connectivity index (χ3n) is 3.54. The van der Waals surface area contributed by atoms with Gasteiger partial charge in [-0.2, -0.15) is 0 Å². The van der Waals surface area contributed by atoms with Crippen LogP contribution in [-0.4, -0.2) is 35.2 Å². The number of nitrogens with two attached hydrogens (primary N) is 1. The number of anilines is 1. The lowest BCUT2D eigenvalue weighted by Crippen LogP contribution is -2.23. The molecule has 0 saturated heterocycles. The van der Waals surface area contributed by atoms with Gasteiger partial charge in [-0.05, 0) is 25.7 Å². The maximum atomic E-state index is 12.0. The van der Waals surface area contributed by atoms with Crippen LogP contribution in [0.15, 0.2) is 0 Å². The number of aryl methyl sites for hydroxylation is 1. The van der Waals surface area contributed by atoms with Crippen LogP contribution in [-0.2, 0) is 20.7 Å². The number of rotatable bonds is 6. The van der Waals surface area contributed by atoms with Crippen LogP contribution in [0.1, 0.15) is 37.1 Å². The second-order valence-electron chi connectivity index (χ2n) is 5.19. The number of carbonyl (C=O) groups is 2. The van der Waals surface area contributed by atoms with E-state index in [0.29, 0.717) is 24.4 Å². The molecule has 1 fully saturated rings. The van der Waals surface area contributed by atoms with Crippen LogP contribution < -0.4 is 11.1 Å². The molecule has 0 aliphatic heterocycles. The first-order valence-corrected chi connectivity index (χ1v) is 7.85. The fourth-order valence-electron chi connectivity index (χ4n) is 2.35. The molecule has 0 radical (unpaired) electrons. The zero-order valence-corrected chi connectivity index (χ0v) is 14.0. The number of methoxy groups -OCH3 is 1. The first-order chi connectivity index (χ1) is 10.1. The van der Waals surface area contributed by atoms with Crippen LogP contribution in [0.2, 0.25) is 0 Å². The summed E-state index contributed by atoms with van der Waals surface area (Å²) in [5.74, 6) is -0.280. The monoisotopic (exact) mass is 348 g/mol. The normalized spacial score (nSPS) is 20.3. The number of hydrogen-bond donors (Lipinski definition) is 2. The molecule has 1 aliphatic carbocycles. The number of hydrogen-bond acceptors (Lipinski definition) is 7. The molecule has 7 nitrogen and oxygen atoms in total. The van der Waals surface area contributed by atoms with Crippen molar-refractivity contribution in [3.63, 3.8) is 0 Å². The minimum atomic E-state index is -0.231. The van der Waals surface area contributed by atoms with Gasteiger partial charge in [0.25, 0.3) is 0 Å². The van der Waals surface area contributed by atoms with Crippen molar-refractivity contribution < 1.29 is 14.3 Å². The molecule has 1 aliphatic rings. The number of nitrogens with one attached hydrogen (secondary N) is 1. The number of ether oxygens (including phenoxy) is 1. The Labute approximate surface area is 139 Å². The highest BCUT2D eigenvalue weighted by Gasteiger charge is 2.28. The first kappa shape index (κ1) is 18.8. The van der Waals surface area contributed by atoms with E-state index in [2.05, 4.69) is 20.3 Å². The number of esters is 1. The van der Waals surface area contributed by atoms with Crippen molar-refractivity contribution in [2.45, 2.75) is 44.6 Å². The van der Waals surface area contributed by atoms with Crippen LogP contribution in [0.25, 0.3) is 0 Å². The van der Waals surface area contributed by atoms with Gasteiger partial charge in [0.2, 0.25) is 11.0 Å². The van der Waals surface area contributed by atoms with Crippen molar-refractivity contribution in [3.8, 4) is 0 Å². The Kier molecular flexibility index (Phi) is 7.70. The Hall–Kier alpha value is -1.25. The van der Waals surface area contributed by atoms with Crippen LogP contribution in [0.5, 0.6) is 0 Å². The Morgan fingerprint density at radius 1 is 1.41 bits per heavy atom. The summed E-state index contributed by atoms with van der Waals surface area (Å²) in [5, 5.41) is 12.1. The number of halogens is 1. The van der Waals surface area contributed by atoms with Crippen LogP contribution >= 0.6 is 23.7 Å². The molecule has 1 aromatic rings. The highest BCUT2D eigenvalue weighted by Crippen LogP contribution is 2.26. The Balaban J connectivity index is 0.00000242. The molecule has 2 rings (SSSR count). The van der Waals surface area contributed by atoms with Crippen LogP contribution in [0, 0.1) is 5.92 Å². The van der Waals surface area contributed by atoms with Crippen molar-refractivity contribution in [1.29, 1.82) is 0 Å². The third kappa shape index (κ3) is 5.51. The second kappa shape index (κ2) is 9.02. The first-order valence-electron chi connectivity index (χ1n) is 7.04. The van der Waals surface area contributed by atoms with Gasteiger partial charge in [-0.3, -0.25) is 9.59 Å².